The molecule has 0 N–H and O–H groups in total. The van der Waals surface area contributed by atoms with E-state index in [1.54, 1.807) is 11.9 Å². The zero-order chi connectivity index (χ0) is 15.3. The number of anilines is 1. The molecule has 1 aromatic rings. The number of likely N-dealkylation sites (N-methyl/N-ethyl adjacent to an activating group) is 2. The topological polar surface area (TPSA) is 32.8 Å². The summed E-state index contributed by atoms with van der Waals surface area (Å²) in [7, 11) is 3.75. The number of halogens is 1. The molecule has 1 rings (SSSR count). The van der Waals surface area contributed by atoms with Gasteiger partial charge in [0, 0.05) is 31.7 Å². The molecule has 20 heavy (non-hydrogen) atoms. The number of ether oxygens (including phenoxy) is 1. The van der Waals surface area contributed by atoms with Crippen LogP contribution >= 0.6 is 15.9 Å². The molecule has 0 spiro atoms. The number of carbonyl (C=O) groups excluding carboxylic acids is 1. The van der Waals surface area contributed by atoms with Crippen molar-refractivity contribution in [3.05, 3.63) is 28.7 Å². The Bertz CT molecular complexity index is 457. The fourth-order valence-corrected chi connectivity index (χ4v) is 2.20. The van der Waals surface area contributed by atoms with Gasteiger partial charge in [-0.3, -0.25) is 0 Å². The summed E-state index contributed by atoms with van der Waals surface area (Å²) in [6.07, 6.45) is -0.293. The zero-order valence-electron chi connectivity index (χ0n) is 12.8. The van der Waals surface area contributed by atoms with Crippen molar-refractivity contribution in [2.75, 3.05) is 32.1 Å². The van der Waals surface area contributed by atoms with Gasteiger partial charge in [0.2, 0.25) is 0 Å². The summed E-state index contributed by atoms with van der Waals surface area (Å²) in [5.74, 6) is 0. The van der Waals surface area contributed by atoms with E-state index in [2.05, 4.69) is 20.8 Å². The molecule has 0 fully saturated rings. The van der Waals surface area contributed by atoms with Crippen LogP contribution in [-0.4, -0.2) is 43.8 Å². The minimum absolute atomic E-state index is 0.293. The summed E-state index contributed by atoms with van der Waals surface area (Å²) in [5.41, 5.74) is 0.643. The fourth-order valence-electron chi connectivity index (χ4n) is 1.61. The number of hydrogen-bond donors (Lipinski definition) is 0. The summed E-state index contributed by atoms with van der Waals surface area (Å²) in [4.78, 5) is 15.5. The number of hydrogen-bond acceptors (Lipinski definition) is 3. The van der Waals surface area contributed by atoms with Gasteiger partial charge in [0.05, 0.1) is 5.69 Å². The van der Waals surface area contributed by atoms with E-state index in [-0.39, 0.29) is 6.09 Å². The van der Waals surface area contributed by atoms with E-state index in [1.807, 2.05) is 52.1 Å². The molecule has 0 aliphatic carbocycles. The second kappa shape index (κ2) is 6.97. The summed E-state index contributed by atoms with van der Waals surface area (Å²) >= 11 is 3.53. The summed E-state index contributed by atoms with van der Waals surface area (Å²) in [6, 6.07) is 8.02. The normalized spacial score (nSPS) is 11.1. The van der Waals surface area contributed by atoms with Crippen LogP contribution in [0.3, 0.4) is 0 Å². The molecule has 4 nitrogen and oxygen atoms in total. The monoisotopic (exact) mass is 342 g/mol. The van der Waals surface area contributed by atoms with E-state index in [0.29, 0.717) is 6.54 Å². The van der Waals surface area contributed by atoms with Gasteiger partial charge in [-0.15, -0.1) is 0 Å². The molecular weight excluding hydrogens is 320 g/mol. The first-order valence-corrected chi connectivity index (χ1v) is 7.40. The van der Waals surface area contributed by atoms with E-state index < -0.39 is 5.60 Å². The molecule has 0 saturated carbocycles. The smallest absolute Gasteiger partial charge is 0.410 e. The van der Waals surface area contributed by atoms with Gasteiger partial charge >= 0.3 is 6.09 Å². The lowest BCUT2D eigenvalue weighted by Crippen LogP contribution is -2.38. The molecule has 112 valence electrons. The maximum Gasteiger partial charge on any atom is 0.410 e. The first-order chi connectivity index (χ1) is 9.20. The van der Waals surface area contributed by atoms with Crippen molar-refractivity contribution < 1.29 is 9.53 Å². The standard InChI is InChI=1S/C15H23BrN2O2/c1-15(2,3)20-14(19)18(5)11-10-17(4)13-9-7-6-8-12(13)16/h6-9H,10-11H2,1-5H3. The molecule has 0 unspecified atom stereocenters. The van der Waals surface area contributed by atoms with Crippen LogP contribution in [0, 0.1) is 0 Å². The minimum atomic E-state index is -0.459. The molecule has 5 heteroatoms. The highest BCUT2D eigenvalue weighted by Crippen LogP contribution is 2.24. The average Bonchev–Trinajstić information content (AvgIpc) is 2.34. The van der Waals surface area contributed by atoms with Crippen molar-refractivity contribution in [3.8, 4) is 0 Å². The summed E-state index contributed by atoms with van der Waals surface area (Å²) in [6.45, 7) is 6.94. The van der Waals surface area contributed by atoms with Crippen LogP contribution in [0.5, 0.6) is 0 Å². The van der Waals surface area contributed by atoms with Crippen molar-refractivity contribution in [3.63, 3.8) is 0 Å². The number of rotatable bonds is 4. The van der Waals surface area contributed by atoms with Crippen molar-refractivity contribution in [1.29, 1.82) is 0 Å². The number of benzene rings is 1. The molecule has 0 saturated heterocycles. The third-order valence-corrected chi connectivity index (χ3v) is 3.41. The van der Waals surface area contributed by atoms with Gasteiger partial charge < -0.3 is 14.5 Å². The third kappa shape index (κ3) is 5.41. The van der Waals surface area contributed by atoms with Crippen molar-refractivity contribution >= 4 is 27.7 Å². The quantitative estimate of drug-likeness (QED) is 0.835. The van der Waals surface area contributed by atoms with Gasteiger partial charge in [-0.05, 0) is 48.8 Å². The Kier molecular flexibility index (Phi) is 5.87. The Hall–Kier alpha value is -1.23. The van der Waals surface area contributed by atoms with Crippen LogP contribution in [0.4, 0.5) is 10.5 Å². The number of amides is 1. The molecule has 0 radical (unpaired) electrons. The lowest BCUT2D eigenvalue weighted by molar-refractivity contribution is 0.0303. The van der Waals surface area contributed by atoms with Crippen molar-refractivity contribution in [1.82, 2.24) is 4.90 Å². The maximum absolute atomic E-state index is 11.9. The molecule has 1 amide bonds. The Balaban J connectivity index is 2.51. The largest absolute Gasteiger partial charge is 0.444 e. The third-order valence-electron chi connectivity index (χ3n) is 2.74. The minimum Gasteiger partial charge on any atom is -0.444 e. The first-order valence-electron chi connectivity index (χ1n) is 6.60. The molecule has 0 aliphatic heterocycles. The number of carbonyl (C=O) groups is 1. The molecule has 0 heterocycles. The summed E-state index contributed by atoms with van der Waals surface area (Å²) in [5, 5.41) is 0. The molecule has 1 aromatic carbocycles. The van der Waals surface area contributed by atoms with Gasteiger partial charge in [0.25, 0.3) is 0 Å². The van der Waals surface area contributed by atoms with Crippen LogP contribution in [-0.2, 0) is 4.74 Å². The second-order valence-corrected chi connectivity index (χ2v) is 6.63. The lowest BCUT2D eigenvalue weighted by Gasteiger charge is -2.27. The predicted octanol–water partition coefficient (Wildman–Crippen LogP) is 3.75. The molecule has 0 aliphatic rings. The highest BCUT2D eigenvalue weighted by Gasteiger charge is 2.19. The summed E-state index contributed by atoms with van der Waals surface area (Å²) < 4.78 is 6.36. The van der Waals surface area contributed by atoms with Gasteiger partial charge in [0.1, 0.15) is 5.60 Å². The zero-order valence-corrected chi connectivity index (χ0v) is 14.4. The van der Waals surface area contributed by atoms with Gasteiger partial charge in [-0.25, -0.2) is 4.79 Å². The van der Waals surface area contributed by atoms with E-state index >= 15 is 0 Å². The average molecular weight is 343 g/mol. The van der Waals surface area contributed by atoms with E-state index in [9.17, 15) is 4.79 Å². The lowest BCUT2D eigenvalue weighted by atomic mass is 10.2. The van der Waals surface area contributed by atoms with Crippen LogP contribution in [0.15, 0.2) is 28.7 Å². The van der Waals surface area contributed by atoms with Crippen molar-refractivity contribution in [2.45, 2.75) is 26.4 Å². The highest BCUT2D eigenvalue weighted by atomic mass is 79.9. The van der Waals surface area contributed by atoms with Crippen molar-refractivity contribution in [2.24, 2.45) is 0 Å². The van der Waals surface area contributed by atoms with E-state index in [0.717, 1.165) is 16.7 Å². The van der Waals surface area contributed by atoms with Crippen LogP contribution < -0.4 is 4.90 Å². The SMILES string of the molecule is CN(CCN(C)c1ccccc1Br)C(=O)OC(C)(C)C. The molecular formula is C15H23BrN2O2. The van der Waals surface area contributed by atoms with Gasteiger partial charge in [0.15, 0.2) is 0 Å². The van der Waals surface area contributed by atoms with E-state index in [1.165, 1.54) is 0 Å². The Morgan fingerprint density at radius 2 is 1.80 bits per heavy atom. The number of para-hydroxylation sites is 1. The number of nitrogens with zero attached hydrogens (tertiary/aromatic N) is 2. The molecule has 0 bridgehead atoms. The Morgan fingerprint density at radius 1 is 1.20 bits per heavy atom. The predicted molar refractivity (Wildman–Crippen MR) is 86.3 cm³/mol. The van der Waals surface area contributed by atoms with Crippen LogP contribution in [0.25, 0.3) is 0 Å². The van der Waals surface area contributed by atoms with E-state index in [4.69, 9.17) is 4.74 Å². The first kappa shape index (κ1) is 16.8. The van der Waals surface area contributed by atoms with Crippen LogP contribution in [0.2, 0.25) is 0 Å². The molecule has 0 aromatic heterocycles. The Morgan fingerprint density at radius 3 is 2.35 bits per heavy atom. The second-order valence-electron chi connectivity index (χ2n) is 5.77. The Labute approximate surface area is 129 Å². The highest BCUT2D eigenvalue weighted by molar-refractivity contribution is 9.10. The molecule has 0 atom stereocenters. The fraction of sp³-hybridized carbons (Fsp3) is 0.533. The van der Waals surface area contributed by atoms with Gasteiger partial charge in [-0.1, -0.05) is 12.1 Å². The maximum atomic E-state index is 11.9. The van der Waals surface area contributed by atoms with Crippen LogP contribution in [0.1, 0.15) is 20.8 Å². The van der Waals surface area contributed by atoms with Gasteiger partial charge in [-0.2, -0.15) is 0 Å².